The minimum atomic E-state index is -1.32. The summed E-state index contributed by atoms with van der Waals surface area (Å²) in [5.74, 6) is -0.863. The molecule has 2 heterocycles. The van der Waals surface area contributed by atoms with Crippen LogP contribution in [0.15, 0.2) is 36.5 Å². The Hall–Kier alpha value is -3.31. The number of amides is 1. The summed E-state index contributed by atoms with van der Waals surface area (Å²) >= 11 is 0. The molecule has 1 fully saturated rings. The quantitative estimate of drug-likeness (QED) is 0.623. The SMILES string of the molecule is O=C(O)N(c1ccc(Oc2ccc([N+](=O)[O-])nc2)cc1F)N1CCOCC1. The zero-order valence-corrected chi connectivity index (χ0v) is 13.9. The molecule has 27 heavy (non-hydrogen) atoms. The van der Waals surface area contributed by atoms with Gasteiger partial charge in [0, 0.05) is 25.2 Å². The van der Waals surface area contributed by atoms with Gasteiger partial charge in [0.25, 0.3) is 0 Å². The minimum Gasteiger partial charge on any atom is -0.464 e. The Bertz CT molecular complexity index is 841. The molecule has 10 nitrogen and oxygen atoms in total. The summed E-state index contributed by atoms with van der Waals surface area (Å²) in [5.41, 5.74) is -0.140. The fourth-order valence-electron chi connectivity index (χ4n) is 2.53. The molecule has 1 N–H and O–H groups in total. The molecule has 2 aromatic rings. The van der Waals surface area contributed by atoms with Gasteiger partial charge in [-0.05, 0) is 28.1 Å². The molecule has 1 aromatic carbocycles. The lowest BCUT2D eigenvalue weighted by atomic mass is 10.2. The van der Waals surface area contributed by atoms with E-state index in [1.54, 1.807) is 0 Å². The van der Waals surface area contributed by atoms with Gasteiger partial charge in [-0.1, -0.05) is 0 Å². The Balaban J connectivity index is 1.79. The molecule has 3 rings (SSSR count). The summed E-state index contributed by atoms with van der Waals surface area (Å²) in [6.45, 7) is 1.33. The molecule has 0 atom stereocenters. The predicted molar refractivity (Wildman–Crippen MR) is 90.3 cm³/mol. The van der Waals surface area contributed by atoms with Crippen LogP contribution in [0, 0.1) is 15.9 Å². The summed E-state index contributed by atoms with van der Waals surface area (Å²) < 4.78 is 25.1. The summed E-state index contributed by atoms with van der Waals surface area (Å²) in [5, 5.41) is 22.4. The van der Waals surface area contributed by atoms with Gasteiger partial charge in [0.2, 0.25) is 0 Å². The fourth-order valence-corrected chi connectivity index (χ4v) is 2.53. The molecular weight excluding hydrogens is 363 g/mol. The minimum absolute atomic E-state index is 0.0965. The molecule has 0 unspecified atom stereocenters. The van der Waals surface area contributed by atoms with Crippen LogP contribution in [0.5, 0.6) is 11.5 Å². The van der Waals surface area contributed by atoms with Crippen molar-refractivity contribution in [3.05, 3.63) is 52.5 Å². The lowest BCUT2D eigenvalue weighted by Crippen LogP contribution is -2.51. The number of rotatable bonds is 5. The van der Waals surface area contributed by atoms with Crippen molar-refractivity contribution >= 4 is 17.6 Å². The van der Waals surface area contributed by atoms with E-state index in [0.29, 0.717) is 26.3 Å². The van der Waals surface area contributed by atoms with Gasteiger partial charge in [-0.15, -0.1) is 0 Å². The molecule has 1 aliphatic heterocycles. The van der Waals surface area contributed by atoms with E-state index in [2.05, 4.69) is 4.98 Å². The van der Waals surface area contributed by atoms with Crippen molar-refractivity contribution in [1.29, 1.82) is 0 Å². The van der Waals surface area contributed by atoms with Crippen molar-refractivity contribution in [3.8, 4) is 11.5 Å². The van der Waals surface area contributed by atoms with E-state index < -0.39 is 16.8 Å². The number of aromatic nitrogens is 1. The van der Waals surface area contributed by atoms with Crippen LogP contribution < -0.4 is 9.75 Å². The lowest BCUT2D eigenvalue weighted by Gasteiger charge is -2.35. The average molecular weight is 378 g/mol. The third-order valence-electron chi connectivity index (χ3n) is 3.74. The highest BCUT2D eigenvalue weighted by molar-refractivity contribution is 5.85. The van der Waals surface area contributed by atoms with Crippen molar-refractivity contribution in [3.63, 3.8) is 0 Å². The van der Waals surface area contributed by atoms with Crippen molar-refractivity contribution in [1.82, 2.24) is 9.99 Å². The maximum absolute atomic E-state index is 14.5. The van der Waals surface area contributed by atoms with Gasteiger partial charge in [0.15, 0.2) is 17.8 Å². The molecule has 1 amide bonds. The Labute approximate surface area is 152 Å². The zero-order valence-electron chi connectivity index (χ0n) is 13.9. The molecule has 142 valence electrons. The number of hydrogen-bond acceptors (Lipinski definition) is 7. The van der Waals surface area contributed by atoms with Gasteiger partial charge in [0.05, 0.1) is 13.2 Å². The first kappa shape index (κ1) is 18.5. The number of ether oxygens (including phenoxy) is 2. The second kappa shape index (κ2) is 7.93. The van der Waals surface area contributed by atoms with E-state index in [9.17, 15) is 24.4 Å². The average Bonchev–Trinajstić information content (AvgIpc) is 2.65. The van der Waals surface area contributed by atoms with Gasteiger partial charge in [-0.2, -0.15) is 0 Å². The molecule has 0 radical (unpaired) electrons. The van der Waals surface area contributed by atoms with Crippen LogP contribution in [0.4, 0.5) is 20.7 Å². The predicted octanol–water partition coefficient (Wildman–Crippen LogP) is 2.65. The first-order chi connectivity index (χ1) is 13.0. The number of hydrogen-bond donors (Lipinski definition) is 1. The Morgan fingerprint density at radius 1 is 1.30 bits per heavy atom. The van der Waals surface area contributed by atoms with E-state index in [1.807, 2.05) is 0 Å². The number of carboxylic acid groups (broad SMARTS) is 1. The number of pyridine rings is 1. The van der Waals surface area contributed by atoms with E-state index in [0.717, 1.165) is 23.3 Å². The van der Waals surface area contributed by atoms with Crippen molar-refractivity contribution in [2.75, 3.05) is 31.3 Å². The first-order valence-electron chi connectivity index (χ1n) is 7.89. The second-order valence-corrected chi connectivity index (χ2v) is 5.48. The highest BCUT2D eigenvalue weighted by atomic mass is 19.1. The standard InChI is InChI=1S/C16H15FN4O6/c17-13-9-11(27-12-2-4-15(18-10-12)21(24)25)1-3-14(13)20(16(22)23)19-5-7-26-8-6-19/h1-4,9-10H,5-8H2,(H,22,23). The monoisotopic (exact) mass is 378 g/mol. The van der Waals surface area contributed by atoms with E-state index >= 15 is 0 Å². The number of nitro groups is 1. The van der Waals surface area contributed by atoms with Gasteiger partial charge >= 0.3 is 11.9 Å². The van der Waals surface area contributed by atoms with Crippen molar-refractivity contribution in [2.45, 2.75) is 0 Å². The molecule has 0 spiro atoms. The van der Waals surface area contributed by atoms with E-state index in [1.165, 1.54) is 23.2 Å². The maximum Gasteiger partial charge on any atom is 0.426 e. The molecule has 1 saturated heterocycles. The van der Waals surface area contributed by atoms with Crippen LogP contribution >= 0.6 is 0 Å². The molecule has 0 saturated carbocycles. The number of halogens is 1. The Kier molecular flexibility index (Phi) is 5.43. The van der Waals surface area contributed by atoms with Gasteiger partial charge in [-0.3, -0.25) is 0 Å². The zero-order chi connectivity index (χ0) is 19.4. The number of carbonyl (C=O) groups is 1. The molecule has 11 heteroatoms. The molecule has 0 bridgehead atoms. The van der Waals surface area contributed by atoms with Crippen LogP contribution in [0.1, 0.15) is 0 Å². The van der Waals surface area contributed by atoms with Gasteiger partial charge in [-0.25, -0.2) is 19.2 Å². The van der Waals surface area contributed by atoms with Crippen LogP contribution in [-0.4, -0.2) is 52.4 Å². The summed E-state index contributed by atoms with van der Waals surface area (Å²) in [6.07, 6.45) is -0.176. The number of benzene rings is 1. The lowest BCUT2D eigenvalue weighted by molar-refractivity contribution is -0.389. The van der Waals surface area contributed by atoms with Gasteiger partial charge in [0.1, 0.15) is 11.4 Å². The normalized spacial score (nSPS) is 14.6. The molecule has 1 aromatic heterocycles. The van der Waals surface area contributed by atoms with Crippen LogP contribution in [0.3, 0.4) is 0 Å². The number of morpholine rings is 1. The second-order valence-electron chi connectivity index (χ2n) is 5.48. The maximum atomic E-state index is 14.5. The van der Waals surface area contributed by atoms with E-state index in [4.69, 9.17) is 9.47 Å². The number of anilines is 1. The van der Waals surface area contributed by atoms with Gasteiger partial charge < -0.3 is 24.7 Å². The van der Waals surface area contributed by atoms with Crippen LogP contribution in [0.2, 0.25) is 0 Å². The van der Waals surface area contributed by atoms with Crippen molar-refractivity contribution < 1.29 is 28.7 Å². The Morgan fingerprint density at radius 3 is 2.56 bits per heavy atom. The highest BCUT2D eigenvalue weighted by Gasteiger charge is 2.27. The topological polar surface area (TPSA) is 118 Å². The largest absolute Gasteiger partial charge is 0.464 e. The molecule has 0 aliphatic carbocycles. The number of hydrazine groups is 1. The molecular formula is C16H15FN4O6. The third-order valence-corrected chi connectivity index (χ3v) is 3.74. The third kappa shape index (κ3) is 4.27. The highest BCUT2D eigenvalue weighted by Crippen LogP contribution is 2.29. The summed E-state index contributed by atoms with van der Waals surface area (Å²) in [4.78, 5) is 25.1. The summed E-state index contributed by atoms with van der Waals surface area (Å²) in [6, 6.07) is 6.20. The number of nitrogens with zero attached hydrogens (tertiary/aromatic N) is 4. The van der Waals surface area contributed by atoms with Crippen molar-refractivity contribution in [2.24, 2.45) is 0 Å². The van der Waals surface area contributed by atoms with Crippen LogP contribution in [-0.2, 0) is 4.74 Å². The fraction of sp³-hybridized carbons (Fsp3) is 0.250. The van der Waals surface area contributed by atoms with Crippen LogP contribution in [0.25, 0.3) is 0 Å². The van der Waals surface area contributed by atoms with E-state index in [-0.39, 0.29) is 23.0 Å². The molecule has 1 aliphatic rings. The smallest absolute Gasteiger partial charge is 0.426 e. The summed E-state index contributed by atoms with van der Waals surface area (Å²) in [7, 11) is 0. The first-order valence-corrected chi connectivity index (χ1v) is 7.89. The Morgan fingerprint density at radius 2 is 2.00 bits per heavy atom.